The first-order valence-electron chi connectivity index (χ1n) is 6.88. The molecular weight excluding hydrogens is 282 g/mol. The van der Waals surface area contributed by atoms with Crippen molar-refractivity contribution in [2.24, 2.45) is 0 Å². The number of carbonyl (C=O) groups is 2. The third-order valence-electron chi connectivity index (χ3n) is 3.26. The summed E-state index contributed by atoms with van der Waals surface area (Å²) in [5, 5.41) is 21.6. The minimum atomic E-state index is -1.39. The van der Waals surface area contributed by atoms with E-state index in [0.29, 0.717) is 5.56 Å². The molecule has 3 N–H and O–H groups in total. The lowest BCUT2D eigenvalue weighted by Crippen LogP contribution is -2.44. The molecular formula is C17H17NO4. The molecule has 2 atom stereocenters. The number of aliphatic carboxylic acids is 1. The third-order valence-corrected chi connectivity index (χ3v) is 3.26. The van der Waals surface area contributed by atoms with Crippen LogP contribution < -0.4 is 5.32 Å². The molecule has 0 heterocycles. The van der Waals surface area contributed by atoms with E-state index in [1.807, 2.05) is 6.07 Å². The summed E-state index contributed by atoms with van der Waals surface area (Å²) >= 11 is 0. The fourth-order valence-corrected chi connectivity index (χ4v) is 2.09. The van der Waals surface area contributed by atoms with Crippen molar-refractivity contribution in [2.75, 3.05) is 0 Å². The van der Waals surface area contributed by atoms with E-state index in [2.05, 4.69) is 5.32 Å². The largest absolute Gasteiger partial charge is 0.480 e. The Bertz CT molecular complexity index is 628. The zero-order valence-electron chi connectivity index (χ0n) is 11.8. The van der Waals surface area contributed by atoms with Gasteiger partial charge in [-0.1, -0.05) is 60.7 Å². The number of hydrogen-bond acceptors (Lipinski definition) is 3. The summed E-state index contributed by atoms with van der Waals surface area (Å²) < 4.78 is 0. The molecule has 0 aliphatic carbocycles. The van der Waals surface area contributed by atoms with Crippen LogP contribution in [0.5, 0.6) is 0 Å². The lowest BCUT2D eigenvalue weighted by atomic mass is 10.0. The van der Waals surface area contributed by atoms with Gasteiger partial charge in [-0.15, -0.1) is 0 Å². The molecule has 0 saturated heterocycles. The number of aliphatic hydroxyl groups is 1. The van der Waals surface area contributed by atoms with Crippen LogP contribution in [0.3, 0.4) is 0 Å². The van der Waals surface area contributed by atoms with Crippen molar-refractivity contribution in [3.8, 4) is 0 Å². The minimum absolute atomic E-state index is 0.156. The number of carboxylic acids is 1. The van der Waals surface area contributed by atoms with Crippen molar-refractivity contribution in [2.45, 2.75) is 18.6 Å². The Kier molecular flexibility index (Phi) is 5.27. The molecule has 0 radical (unpaired) electrons. The van der Waals surface area contributed by atoms with Crippen molar-refractivity contribution in [1.82, 2.24) is 5.32 Å². The molecule has 2 aromatic carbocycles. The van der Waals surface area contributed by atoms with Crippen LogP contribution in [0.1, 0.15) is 17.2 Å². The monoisotopic (exact) mass is 299 g/mol. The molecule has 0 aliphatic rings. The average molecular weight is 299 g/mol. The second-order valence-corrected chi connectivity index (χ2v) is 4.90. The first kappa shape index (κ1) is 15.7. The van der Waals surface area contributed by atoms with Crippen LogP contribution in [0, 0.1) is 0 Å². The number of amides is 1. The lowest BCUT2D eigenvalue weighted by Gasteiger charge is -2.17. The fraction of sp³-hybridized carbons (Fsp3) is 0.176. The van der Waals surface area contributed by atoms with E-state index in [0.717, 1.165) is 5.56 Å². The van der Waals surface area contributed by atoms with Crippen LogP contribution >= 0.6 is 0 Å². The van der Waals surface area contributed by atoms with Gasteiger partial charge in [-0.25, -0.2) is 4.79 Å². The highest BCUT2D eigenvalue weighted by Crippen LogP contribution is 2.13. The van der Waals surface area contributed by atoms with Gasteiger partial charge in [-0.2, -0.15) is 0 Å². The smallest absolute Gasteiger partial charge is 0.326 e. The molecule has 1 unspecified atom stereocenters. The SMILES string of the molecule is O=C(N[C@@H](Cc1ccccc1)C(=O)O)C(O)c1ccccc1. The number of carbonyl (C=O) groups excluding carboxylic acids is 1. The lowest BCUT2D eigenvalue weighted by molar-refractivity contribution is -0.143. The summed E-state index contributed by atoms with van der Waals surface area (Å²) in [6.45, 7) is 0. The van der Waals surface area contributed by atoms with Crippen LogP contribution in [0.4, 0.5) is 0 Å². The number of nitrogens with one attached hydrogen (secondary N) is 1. The minimum Gasteiger partial charge on any atom is -0.480 e. The normalized spacial score (nSPS) is 13.1. The van der Waals surface area contributed by atoms with Gasteiger partial charge < -0.3 is 15.5 Å². The first-order chi connectivity index (χ1) is 10.6. The maximum Gasteiger partial charge on any atom is 0.326 e. The molecule has 114 valence electrons. The molecule has 5 nitrogen and oxygen atoms in total. The molecule has 0 fully saturated rings. The van der Waals surface area contributed by atoms with E-state index < -0.39 is 24.0 Å². The summed E-state index contributed by atoms with van der Waals surface area (Å²) in [6, 6.07) is 16.3. The van der Waals surface area contributed by atoms with Gasteiger partial charge in [0.05, 0.1) is 0 Å². The molecule has 1 amide bonds. The maximum atomic E-state index is 12.0. The molecule has 2 rings (SSSR count). The van der Waals surface area contributed by atoms with Crippen LogP contribution in [-0.4, -0.2) is 28.1 Å². The number of hydrogen-bond donors (Lipinski definition) is 3. The number of carboxylic acid groups (broad SMARTS) is 1. The molecule has 0 bridgehead atoms. The zero-order valence-corrected chi connectivity index (χ0v) is 11.8. The Morgan fingerprint density at radius 1 is 0.955 bits per heavy atom. The van der Waals surface area contributed by atoms with Crippen LogP contribution in [0.25, 0.3) is 0 Å². The van der Waals surface area contributed by atoms with E-state index in [1.165, 1.54) is 0 Å². The van der Waals surface area contributed by atoms with Crippen molar-refractivity contribution < 1.29 is 19.8 Å². The molecule has 22 heavy (non-hydrogen) atoms. The van der Waals surface area contributed by atoms with E-state index >= 15 is 0 Å². The summed E-state index contributed by atoms with van der Waals surface area (Å²) in [5.74, 6) is -1.87. The van der Waals surface area contributed by atoms with Gasteiger partial charge in [-0.05, 0) is 11.1 Å². The highest BCUT2D eigenvalue weighted by molar-refractivity contribution is 5.87. The third kappa shape index (κ3) is 4.17. The summed E-state index contributed by atoms with van der Waals surface area (Å²) in [6.07, 6.45) is -1.23. The van der Waals surface area contributed by atoms with Gasteiger partial charge >= 0.3 is 5.97 Å². The van der Waals surface area contributed by atoms with Gasteiger partial charge in [-0.3, -0.25) is 4.79 Å². The Hall–Kier alpha value is -2.66. The topological polar surface area (TPSA) is 86.6 Å². The summed E-state index contributed by atoms with van der Waals surface area (Å²) in [7, 11) is 0. The predicted octanol–water partition coefficient (Wildman–Crippen LogP) is 1.53. The summed E-state index contributed by atoms with van der Waals surface area (Å²) in [5.41, 5.74) is 1.22. The number of benzene rings is 2. The zero-order chi connectivity index (χ0) is 15.9. The van der Waals surface area contributed by atoms with Gasteiger partial charge in [0.25, 0.3) is 5.91 Å². The average Bonchev–Trinajstić information content (AvgIpc) is 2.55. The van der Waals surface area contributed by atoms with Crippen molar-refractivity contribution in [3.63, 3.8) is 0 Å². The maximum absolute atomic E-state index is 12.0. The summed E-state index contributed by atoms with van der Waals surface area (Å²) in [4.78, 5) is 23.3. The Balaban J connectivity index is 2.04. The van der Waals surface area contributed by atoms with E-state index in [-0.39, 0.29) is 6.42 Å². The number of aliphatic hydroxyl groups excluding tert-OH is 1. The van der Waals surface area contributed by atoms with Crippen LogP contribution in [-0.2, 0) is 16.0 Å². The Labute approximate surface area is 128 Å². The molecule has 0 aliphatic heterocycles. The second-order valence-electron chi connectivity index (χ2n) is 4.90. The Morgan fingerprint density at radius 2 is 1.50 bits per heavy atom. The fourth-order valence-electron chi connectivity index (χ4n) is 2.09. The quantitative estimate of drug-likeness (QED) is 0.755. The highest BCUT2D eigenvalue weighted by atomic mass is 16.4. The van der Waals surface area contributed by atoms with Crippen molar-refractivity contribution in [3.05, 3.63) is 71.8 Å². The second kappa shape index (κ2) is 7.38. The van der Waals surface area contributed by atoms with Crippen LogP contribution in [0.2, 0.25) is 0 Å². The number of rotatable bonds is 6. The Morgan fingerprint density at radius 3 is 2.05 bits per heavy atom. The highest BCUT2D eigenvalue weighted by Gasteiger charge is 2.25. The molecule has 2 aromatic rings. The first-order valence-corrected chi connectivity index (χ1v) is 6.88. The van der Waals surface area contributed by atoms with Gasteiger partial charge in [0.2, 0.25) is 0 Å². The van der Waals surface area contributed by atoms with E-state index in [9.17, 15) is 19.8 Å². The van der Waals surface area contributed by atoms with Gasteiger partial charge in [0.1, 0.15) is 6.04 Å². The standard InChI is InChI=1S/C17H17NO4/c19-15(13-9-5-2-6-10-13)16(20)18-14(17(21)22)11-12-7-3-1-4-8-12/h1-10,14-15,19H,11H2,(H,18,20)(H,21,22)/t14-,15?/m0/s1. The molecule has 0 aromatic heterocycles. The van der Waals surface area contributed by atoms with Crippen LogP contribution in [0.15, 0.2) is 60.7 Å². The van der Waals surface area contributed by atoms with Gasteiger partial charge in [0, 0.05) is 6.42 Å². The molecule has 5 heteroatoms. The molecule has 0 spiro atoms. The van der Waals surface area contributed by atoms with E-state index in [1.54, 1.807) is 54.6 Å². The van der Waals surface area contributed by atoms with E-state index in [4.69, 9.17) is 0 Å². The van der Waals surface area contributed by atoms with Gasteiger partial charge in [0.15, 0.2) is 6.10 Å². The molecule has 0 saturated carbocycles. The van der Waals surface area contributed by atoms with Crippen molar-refractivity contribution in [1.29, 1.82) is 0 Å². The predicted molar refractivity (Wildman–Crippen MR) is 81.1 cm³/mol. The van der Waals surface area contributed by atoms with Crippen molar-refractivity contribution >= 4 is 11.9 Å².